The van der Waals surface area contributed by atoms with E-state index in [0.29, 0.717) is 24.9 Å². The van der Waals surface area contributed by atoms with Crippen LogP contribution >= 0.6 is 0 Å². The Labute approximate surface area is 180 Å². The number of aliphatic hydroxyl groups is 1. The molecular formula is C21H26FN3O5S. The molecule has 0 bridgehead atoms. The Kier molecular flexibility index (Phi) is 7.97. The molecule has 0 saturated carbocycles. The number of benzene rings is 2. The van der Waals surface area contributed by atoms with Crippen LogP contribution in [0.3, 0.4) is 0 Å². The van der Waals surface area contributed by atoms with Crippen LogP contribution in [0.15, 0.2) is 59.5 Å². The molecular weight excluding hydrogens is 425 g/mol. The largest absolute Gasteiger partial charge is 0.394 e. The predicted molar refractivity (Wildman–Crippen MR) is 114 cm³/mol. The second-order valence-electron chi connectivity index (χ2n) is 7.24. The number of rotatable bonds is 8. The first-order chi connectivity index (χ1) is 14.9. The van der Waals surface area contributed by atoms with E-state index in [1.807, 2.05) is 6.07 Å². The molecule has 0 aromatic heterocycles. The average molecular weight is 452 g/mol. The normalized spacial score (nSPS) is 21.4. The van der Waals surface area contributed by atoms with Gasteiger partial charge in [-0.2, -0.15) is 0 Å². The fraction of sp³-hybridized carbons (Fsp3) is 0.381. The third-order valence-electron chi connectivity index (χ3n) is 5.03. The van der Waals surface area contributed by atoms with Crippen LogP contribution in [0.25, 0.3) is 0 Å². The van der Waals surface area contributed by atoms with E-state index in [2.05, 4.69) is 15.4 Å². The van der Waals surface area contributed by atoms with Crippen molar-refractivity contribution >= 4 is 21.7 Å². The lowest BCUT2D eigenvalue weighted by molar-refractivity contribution is -0.0884. The number of carbonyl (C=O) groups is 1. The molecule has 1 saturated heterocycles. The molecule has 10 heteroatoms. The summed E-state index contributed by atoms with van der Waals surface area (Å²) in [5.74, 6) is -0.813. The number of ether oxygens (including phenoxy) is 1. The van der Waals surface area contributed by atoms with Crippen molar-refractivity contribution in [3.05, 3.63) is 60.4 Å². The highest BCUT2D eigenvalue weighted by Gasteiger charge is 2.32. The van der Waals surface area contributed by atoms with E-state index in [1.165, 1.54) is 18.2 Å². The zero-order chi connectivity index (χ0) is 22.3. The summed E-state index contributed by atoms with van der Waals surface area (Å²) < 4.78 is 46.5. The topological polar surface area (TPSA) is 117 Å². The number of sulfonamides is 1. The molecule has 0 radical (unpaired) electrons. The fourth-order valence-corrected chi connectivity index (χ4v) is 4.59. The summed E-state index contributed by atoms with van der Waals surface area (Å²) in [6.45, 7) is -0.222. The monoisotopic (exact) mass is 451 g/mol. The van der Waals surface area contributed by atoms with Crippen LogP contribution in [0.5, 0.6) is 0 Å². The van der Waals surface area contributed by atoms with Gasteiger partial charge in [0.1, 0.15) is 16.8 Å². The van der Waals surface area contributed by atoms with Gasteiger partial charge in [0.05, 0.1) is 18.8 Å². The third-order valence-corrected chi connectivity index (χ3v) is 6.52. The molecule has 8 nitrogen and oxygen atoms in total. The molecule has 3 atom stereocenters. The van der Waals surface area contributed by atoms with E-state index in [9.17, 15) is 22.7 Å². The maximum Gasteiger partial charge on any atom is 0.319 e. The van der Waals surface area contributed by atoms with Crippen LogP contribution < -0.4 is 15.4 Å². The number of hydrogen-bond acceptors (Lipinski definition) is 5. The maximum absolute atomic E-state index is 13.7. The number of para-hydroxylation sites is 1. The standard InChI is InChI=1S/C21H26FN3O5S/c22-17-8-4-5-9-20(17)31(28,29)23-13-12-16-10-11-18(19(14-26)30-16)25-21(27)24-15-6-2-1-3-7-15/h1-9,16,18-19,23,26H,10-14H2,(H2,24,25,27)/t16-,18+,19+/m0/s1. The summed E-state index contributed by atoms with van der Waals surface area (Å²) in [6, 6.07) is 13.4. The first kappa shape index (κ1) is 23.1. The van der Waals surface area contributed by atoms with E-state index in [4.69, 9.17) is 4.74 Å². The molecule has 0 unspecified atom stereocenters. The van der Waals surface area contributed by atoms with Crippen LogP contribution in [0, 0.1) is 5.82 Å². The molecule has 1 aliphatic rings. The highest BCUT2D eigenvalue weighted by molar-refractivity contribution is 7.89. The molecule has 168 valence electrons. The van der Waals surface area contributed by atoms with Gasteiger partial charge in [-0.25, -0.2) is 22.3 Å². The van der Waals surface area contributed by atoms with Crippen molar-refractivity contribution in [2.75, 3.05) is 18.5 Å². The lowest BCUT2D eigenvalue weighted by atomic mass is 9.97. The van der Waals surface area contributed by atoms with E-state index in [1.54, 1.807) is 24.3 Å². The Hall–Kier alpha value is -2.53. The van der Waals surface area contributed by atoms with Crippen molar-refractivity contribution in [3.8, 4) is 0 Å². The number of aliphatic hydroxyl groups excluding tert-OH is 1. The minimum Gasteiger partial charge on any atom is -0.394 e. The van der Waals surface area contributed by atoms with E-state index < -0.39 is 32.9 Å². The molecule has 0 spiro atoms. The number of carbonyl (C=O) groups excluding carboxylic acids is 1. The second kappa shape index (κ2) is 10.7. The van der Waals surface area contributed by atoms with E-state index in [0.717, 1.165) is 6.07 Å². The van der Waals surface area contributed by atoms with Gasteiger partial charge in [-0.15, -0.1) is 0 Å². The number of hydrogen-bond donors (Lipinski definition) is 4. The first-order valence-corrected chi connectivity index (χ1v) is 11.5. The molecule has 1 aliphatic heterocycles. The summed E-state index contributed by atoms with van der Waals surface area (Å²) in [5, 5.41) is 15.2. The van der Waals surface area contributed by atoms with Gasteiger partial charge < -0.3 is 20.5 Å². The van der Waals surface area contributed by atoms with Crippen LogP contribution in [-0.2, 0) is 14.8 Å². The Morgan fingerprint density at radius 3 is 2.52 bits per heavy atom. The summed E-state index contributed by atoms with van der Waals surface area (Å²) in [4.78, 5) is 11.8. The Morgan fingerprint density at radius 2 is 1.81 bits per heavy atom. The van der Waals surface area contributed by atoms with Gasteiger partial charge in [-0.3, -0.25) is 0 Å². The van der Waals surface area contributed by atoms with Crippen molar-refractivity contribution in [2.45, 2.75) is 42.4 Å². The number of halogens is 1. The average Bonchev–Trinajstić information content (AvgIpc) is 2.75. The van der Waals surface area contributed by atoms with Gasteiger partial charge in [0.15, 0.2) is 0 Å². The molecule has 1 heterocycles. The summed E-state index contributed by atoms with van der Waals surface area (Å²) in [5.41, 5.74) is 0.650. The lowest BCUT2D eigenvalue weighted by Crippen LogP contribution is -2.52. The highest BCUT2D eigenvalue weighted by atomic mass is 32.2. The molecule has 2 aromatic rings. The third kappa shape index (κ3) is 6.47. The zero-order valence-electron chi connectivity index (χ0n) is 16.8. The second-order valence-corrected chi connectivity index (χ2v) is 8.98. The van der Waals surface area contributed by atoms with Crippen molar-refractivity contribution in [3.63, 3.8) is 0 Å². The van der Waals surface area contributed by atoms with Gasteiger partial charge in [0.2, 0.25) is 10.0 Å². The van der Waals surface area contributed by atoms with Crippen LogP contribution in [0.2, 0.25) is 0 Å². The van der Waals surface area contributed by atoms with Crippen molar-refractivity contribution in [1.29, 1.82) is 0 Å². The Morgan fingerprint density at radius 1 is 1.10 bits per heavy atom. The van der Waals surface area contributed by atoms with Gasteiger partial charge >= 0.3 is 6.03 Å². The van der Waals surface area contributed by atoms with Gasteiger partial charge in [0.25, 0.3) is 0 Å². The Balaban J connectivity index is 1.47. The van der Waals surface area contributed by atoms with Gasteiger partial charge in [-0.1, -0.05) is 30.3 Å². The SMILES string of the molecule is O=C(Nc1ccccc1)N[C@@H]1CC[C@@H](CCNS(=O)(=O)c2ccccc2F)O[C@@H]1CO. The molecule has 4 N–H and O–H groups in total. The summed E-state index contributed by atoms with van der Waals surface area (Å²) >= 11 is 0. The summed E-state index contributed by atoms with van der Waals surface area (Å²) in [6.07, 6.45) is 0.596. The minimum absolute atomic E-state index is 0.0616. The number of nitrogens with one attached hydrogen (secondary N) is 3. The minimum atomic E-state index is -3.96. The number of anilines is 1. The molecule has 31 heavy (non-hydrogen) atoms. The van der Waals surface area contributed by atoms with Crippen LogP contribution in [-0.4, -0.2) is 51.0 Å². The smallest absolute Gasteiger partial charge is 0.319 e. The van der Waals surface area contributed by atoms with Crippen LogP contribution in [0.4, 0.5) is 14.9 Å². The zero-order valence-corrected chi connectivity index (χ0v) is 17.6. The predicted octanol–water partition coefficient (Wildman–Crippen LogP) is 2.22. The first-order valence-electron chi connectivity index (χ1n) is 10.0. The summed E-state index contributed by atoms with van der Waals surface area (Å²) in [7, 11) is -3.96. The van der Waals surface area contributed by atoms with E-state index >= 15 is 0 Å². The highest BCUT2D eigenvalue weighted by Crippen LogP contribution is 2.22. The number of urea groups is 1. The van der Waals surface area contributed by atoms with Crippen molar-refractivity contribution in [1.82, 2.24) is 10.0 Å². The van der Waals surface area contributed by atoms with Crippen LogP contribution in [0.1, 0.15) is 19.3 Å². The quantitative estimate of drug-likeness (QED) is 0.491. The maximum atomic E-state index is 13.7. The molecule has 0 aliphatic carbocycles. The van der Waals surface area contributed by atoms with Gasteiger partial charge in [0, 0.05) is 12.2 Å². The van der Waals surface area contributed by atoms with Crippen molar-refractivity contribution < 1.29 is 27.4 Å². The van der Waals surface area contributed by atoms with Crippen molar-refractivity contribution in [2.24, 2.45) is 0 Å². The molecule has 2 amide bonds. The van der Waals surface area contributed by atoms with E-state index in [-0.39, 0.29) is 25.3 Å². The fourth-order valence-electron chi connectivity index (χ4n) is 3.46. The lowest BCUT2D eigenvalue weighted by Gasteiger charge is -2.36. The molecule has 1 fully saturated rings. The molecule has 2 aromatic carbocycles. The Bertz CT molecular complexity index is 974. The number of amides is 2. The molecule has 3 rings (SSSR count). The van der Waals surface area contributed by atoms with Gasteiger partial charge in [-0.05, 0) is 43.5 Å².